The van der Waals surface area contributed by atoms with Crippen LogP contribution < -0.4 is 5.32 Å². The van der Waals surface area contributed by atoms with Crippen molar-refractivity contribution in [3.05, 3.63) is 46.8 Å². The first-order chi connectivity index (χ1) is 10.1. The Kier molecular flexibility index (Phi) is 5.53. The zero-order valence-electron chi connectivity index (χ0n) is 12.4. The second-order valence-corrected chi connectivity index (χ2v) is 6.36. The summed E-state index contributed by atoms with van der Waals surface area (Å²) in [6.07, 6.45) is 1.52. The van der Waals surface area contributed by atoms with Gasteiger partial charge in [-0.15, -0.1) is 11.3 Å². The van der Waals surface area contributed by atoms with Gasteiger partial charge >= 0.3 is 5.97 Å². The minimum absolute atomic E-state index is 0.458. The first kappa shape index (κ1) is 15.7. The highest BCUT2D eigenvalue weighted by Gasteiger charge is 2.15. The van der Waals surface area contributed by atoms with Crippen LogP contribution in [0.4, 0.5) is 0 Å². The van der Waals surface area contributed by atoms with Gasteiger partial charge in [-0.1, -0.05) is 43.2 Å². The molecule has 21 heavy (non-hydrogen) atoms. The molecule has 0 bridgehead atoms. The Morgan fingerprint density at radius 3 is 2.57 bits per heavy atom. The van der Waals surface area contributed by atoms with E-state index in [0.29, 0.717) is 13.0 Å². The van der Waals surface area contributed by atoms with Crippen LogP contribution in [0.5, 0.6) is 0 Å². The topological polar surface area (TPSA) is 49.3 Å². The number of hydrogen-bond donors (Lipinski definition) is 2. The number of aryl methyl sites for hydroxylation is 1. The van der Waals surface area contributed by atoms with Crippen molar-refractivity contribution >= 4 is 17.3 Å². The fourth-order valence-corrected chi connectivity index (χ4v) is 3.14. The number of aliphatic carboxylic acids is 1. The minimum Gasteiger partial charge on any atom is -0.480 e. The van der Waals surface area contributed by atoms with Crippen LogP contribution in [0.25, 0.3) is 10.4 Å². The van der Waals surface area contributed by atoms with Crippen LogP contribution in [-0.2, 0) is 11.3 Å². The van der Waals surface area contributed by atoms with Crippen LogP contribution in [0, 0.1) is 6.92 Å². The summed E-state index contributed by atoms with van der Waals surface area (Å²) in [5.41, 5.74) is 2.46. The number of carbonyl (C=O) groups is 1. The molecule has 2 aromatic rings. The Bertz CT molecular complexity index is 589. The Morgan fingerprint density at radius 1 is 1.24 bits per heavy atom. The van der Waals surface area contributed by atoms with Crippen LogP contribution in [-0.4, -0.2) is 17.1 Å². The SMILES string of the molecule is CCCC(NCc1ccc(-c2ccc(C)cc2)s1)C(=O)O. The maximum absolute atomic E-state index is 11.1. The van der Waals surface area contributed by atoms with E-state index in [2.05, 4.69) is 48.6 Å². The third-order valence-corrected chi connectivity index (χ3v) is 4.53. The third kappa shape index (κ3) is 4.41. The first-order valence-electron chi connectivity index (χ1n) is 7.22. The van der Waals surface area contributed by atoms with E-state index in [1.807, 2.05) is 6.92 Å². The van der Waals surface area contributed by atoms with E-state index in [1.165, 1.54) is 16.0 Å². The van der Waals surface area contributed by atoms with Crippen LogP contribution in [0.1, 0.15) is 30.2 Å². The van der Waals surface area contributed by atoms with E-state index >= 15 is 0 Å². The van der Waals surface area contributed by atoms with Gasteiger partial charge in [-0.25, -0.2) is 0 Å². The molecule has 1 aromatic heterocycles. The summed E-state index contributed by atoms with van der Waals surface area (Å²) < 4.78 is 0. The molecule has 0 aliphatic carbocycles. The van der Waals surface area contributed by atoms with E-state index in [1.54, 1.807) is 11.3 Å². The lowest BCUT2D eigenvalue weighted by molar-refractivity contribution is -0.139. The molecule has 1 aromatic carbocycles. The number of rotatable bonds is 7. The Morgan fingerprint density at radius 2 is 1.95 bits per heavy atom. The highest BCUT2D eigenvalue weighted by molar-refractivity contribution is 7.15. The summed E-state index contributed by atoms with van der Waals surface area (Å²) in [5, 5.41) is 12.3. The Balaban J connectivity index is 2.00. The third-order valence-electron chi connectivity index (χ3n) is 3.40. The average molecular weight is 303 g/mol. The maximum atomic E-state index is 11.1. The molecule has 0 fully saturated rings. The molecule has 0 radical (unpaired) electrons. The van der Waals surface area contributed by atoms with Crippen LogP contribution in [0.3, 0.4) is 0 Å². The summed E-state index contributed by atoms with van der Waals surface area (Å²) in [4.78, 5) is 13.5. The number of carboxylic acids is 1. The fraction of sp³-hybridized carbons (Fsp3) is 0.353. The van der Waals surface area contributed by atoms with Gasteiger partial charge in [-0.2, -0.15) is 0 Å². The summed E-state index contributed by atoms with van der Waals surface area (Å²) in [7, 11) is 0. The molecule has 1 unspecified atom stereocenters. The van der Waals surface area contributed by atoms with Crippen LogP contribution in [0.2, 0.25) is 0 Å². The fourth-order valence-electron chi connectivity index (χ4n) is 2.17. The van der Waals surface area contributed by atoms with Crippen molar-refractivity contribution in [2.24, 2.45) is 0 Å². The summed E-state index contributed by atoms with van der Waals surface area (Å²) in [6.45, 7) is 4.68. The zero-order valence-corrected chi connectivity index (χ0v) is 13.2. The van der Waals surface area contributed by atoms with Crippen molar-refractivity contribution in [3.8, 4) is 10.4 Å². The van der Waals surface area contributed by atoms with Crippen molar-refractivity contribution in [2.75, 3.05) is 0 Å². The second kappa shape index (κ2) is 7.38. The standard InChI is InChI=1S/C17H21NO2S/c1-3-4-15(17(19)20)18-11-14-9-10-16(21-14)13-7-5-12(2)6-8-13/h5-10,15,18H,3-4,11H2,1-2H3,(H,19,20). The monoisotopic (exact) mass is 303 g/mol. The van der Waals surface area contributed by atoms with E-state index in [-0.39, 0.29) is 0 Å². The lowest BCUT2D eigenvalue weighted by Crippen LogP contribution is -2.35. The minimum atomic E-state index is -0.771. The predicted octanol–water partition coefficient (Wildman–Crippen LogP) is 4.07. The lowest BCUT2D eigenvalue weighted by atomic mass is 10.1. The molecular weight excluding hydrogens is 282 g/mol. The smallest absolute Gasteiger partial charge is 0.320 e. The predicted molar refractivity (Wildman–Crippen MR) is 87.7 cm³/mol. The molecule has 2 N–H and O–H groups in total. The average Bonchev–Trinajstić information content (AvgIpc) is 2.92. The Hall–Kier alpha value is -1.65. The van der Waals surface area contributed by atoms with Crippen molar-refractivity contribution in [1.29, 1.82) is 0 Å². The van der Waals surface area contributed by atoms with Crippen molar-refractivity contribution in [2.45, 2.75) is 39.3 Å². The van der Waals surface area contributed by atoms with Gasteiger partial charge < -0.3 is 5.11 Å². The van der Waals surface area contributed by atoms with Gasteiger partial charge in [0, 0.05) is 16.3 Å². The van der Waals surface area contributed by atoms with Gasteiger partial charge in [0.15, 0.2) is 0 Å². The molecular formula is C17H21NO2S. The number of benzene rings is 1. The van der Waals surface area contributed by atoms with E-state index in [4.69, 9.17) is 5.11 Å². The molecule has 1 heterocycles. The Labute approximate surface area is 129 Å². The van der Waals surface area contributed by atoms with E-state index in [9.17, 15) is 4.79 Å². The highest BCUT2D eigenvalue weighted by Crippen LogP contribution is 2.28. The molecule has 3 nitrogen and oxygen atoms in total. The second-order valence-electron chi connectivity index (χ2n) is 5.19. The van der Waals surface area contributed by atoms with Crippen LogP contribution >= 0.6 is 11.3 Å². The first-order valence-corrected chi connectivity index (χ1v) is 8.03. The van der Waals surface area contributed by atoms with Crippen molar-refractivity contribution < 1.29 is 9.90 Å². The van der Waals surface area contributed by atoms with Gasteiger partial charge in [0.1, 0.15) is 6.04 Å². The molecule has 4 heteroatoms. The molecule has 112 valence electrons. The number of carboxylic acid groups (broad SMARTS) is 1. The molecule has 0 saturated heterocycles. The molecule has 0 aliphatic heterocycles. The van der Waals surface area contributed by atoms with Crippen molar-refractivity contribution in [1.82, 2.24) is 5.32 Å². The molecule has 1 atom stereocenters. The van der Waals surface area contributed by atoms with Crippen molar-refractivity contribution in [3.63, 3.8) is 0 Å². The van der Waals surface area contributed by atoms with Gasteiger partial charge in [0.05, 0.1) is 0 Å². The molecule has 0 amide bonds. The summed E-state index contributed by atoms with van der Waals surface area (Å²) >= 11 is 1.71. The highest BCUT2D eigenvalue weighted by atomic mass is 32.1. The molecule has 0 spiro atoms. The van der Waals surface area contributed by atoms with Crippen LogP contribution in [0.15, 0.2) is 36.4 Å². The largest absolute Gasteiger partial charge is 0.480 e. The zero-order chi connectivity index (χ0) is 15.2. The van der Waals surface area contributed by atoms with Gasteiger partial charge in [0.2, 0.25) is 0 Å². The maximum Gasteiger partial charge on any atom is 0.320 e. The number of nitrogens with one attached hydrogen (secondary N) is 1. The number of hydrogen-bond acceptors (Lipinski definition) is 3. The summed E-state index contributed by atoms with van der Waals surface area (Å²) in [6, 6.07) is 12.2. The molecule has 0 aliphatic rings. The quantitative estimate of drug-likeness (QED) is 0.810. The summed E-state index contributed by atoms with van der Waals surface area (Å²) in [5.74, 6) is -0.771. The van der Waals surface area contributed by atoms with Gasteiger partial charge in [-0.3, -0.25) is 10.1 Å². The number of thiophene rings is 1. The normalized spacial score (nSPS) is 12.3. The molecule has 2 rings (SSSR count). The van der Waals surface area contributed by atoms with E-state index in [0.717, 1.165) is 11.3 Å². The lowest BCUT2D eigenvalue weighted by Gasteiger charge is -2.12. The van der Waals surface area contributed by atoms with E-state index < -0.39 is 12.0 Å². The van der Waals surface area contributed by atoms with Gasteiger partial charge in [-0.05, 0) is 31.0 Å². The molecule has 0 saturated carbocycles. The van der Waals surface area contributed by atoms with Gasteiger partial charge in [0.25, 0.3) is 0 Å².